The first-order chi connectivity index (χ1) is 13.6. The standard InChI is InChI=1S/C19H14N4O5/c24-19-9-18(16-6-1-2-7-17(16)28-19)27-12-14-11-22(21-20-14)10-13-4-3-5-15(8-13)23(25)26/h1-9,11H,10,12H2. The number of hydrogen-bond donors (Lipinski definition) is 0. The maximum Gasteiger partial charge on any atom is 0.339 e. The quantitative estimate of drug-likeness (QED) is 0.288. The van der Waals surface area contributed by atoms with Crippen LogP contribution in [-0.4, -0.2) is 19.9 Å². The van der Waals surface area contributed by atoms with Gasteiger partial charge in [-0.15, -0.1) is 5.10 Å². The lowest BCUT2D eigenvalue weighted by atomic mass is 10.2. The molecule has 9 nitrogen and oxygen atoms in total. The van der Waals surface area contributed by atoms with Crippen molar-refractivity contribution in [1.82, 2.24) is 15.0 Å². The van der Waals surface area contributed by atoms with E-state index in [2.05, 4.69) is 10.3 Å². The molecule has 2 aromatic carbocycles. The van der Waals surface area contributed by atoms with Gasteiger partial charge in [0.25, 0.3) is 5.69 Å². The second-order valence-corrected chi connectivity index (χ2v) is 6.05. The molecule has 0 unspecified atom stereocenters. The summed E-state index contributed by atoms with van der Waals surface area (Å²) in [5.41, 5.74) is 1.26. The number of nitro benzene ring substituents is 1. The number of ether oxygens (including phenoxy) is 1. The number of aromatic nitrogens is 3. The Morgan fingerprint density at radius 3 is 2.86 bits per heavy atom. The fourth-order valence-electron chi connectivity index (χ4n) is 2.79. The van der Waals surface area contributed by atoms with Crippen molar-refractivity contribution < 1.29 is 14.1 Å². The molecule has 0 aliphatic carbocycles. The number of benzene rings is 2. The summed E-state index contributed by atoms with van der Waals surface area (Å²) in [6.45, 7) is 0.453. The zero-order chi connectivity index (χ0) is 19.5. The minimum atomic E-state index is -0.497. The lowest BCUT2D eigenvalue weighted by Gasteiger charge is -2.06. The van der Waals surface area contributed by atoms with Crippen molar-refractivity contribution in [2.75, 3.05) is 0 Å². The summed E-state index contributed by atoms with van der Waals surface area (Å²) in [5.74, 6) is 0.403. The number of nitrogens with zero attached hydrogens (tertiary/aromatic N) is 4. The third kappa shape index (κ3) is 3.73. The Balaban J connectivity index is 1.48. The van der Waals surface area contributed by atoms with E-state index in [9.17, 15) is 14.9 Å². The largest absolute Gasteiger partial charge is 0.486 e. The normalized spacial score (nSPS) is 10.9. The van der Waals surface area contributed by atoms with Crippen LogP contribution in [0.5, 0.6) is 5.75 Å². The van der Waals surface area contributed by atoms with Crippen molar-refractivity contribution in [1.29, 1.82) is 0 Å². The van der Waals surface area contributed by atoms with E-state index in [4.69, 9.17) is 9.15 Å². The highest BCUT2D eigenvalue weighted by atomic mass is 16.6. The van der Waals surface area contributed by atoms with Gasteiger partial charge >= 0.3 is 5.63 Å². The molecule has 0 aliphatic heterocycles. The molecule has 0 amide bonds. The molecule has 2 aromatic heterocycles. The number of rotatable bonds is 6. The fraction of sp³-hybridized carbons (Fsp3) is 0.105. The molecule has 4 rings (SSSR count). The maximum atomic E-state index is 11.7. The molecule has 9 heteroatoms. The van der Waals surface area contributed by atoms with Crippen molar-refractivity contribution in [2.24, 2.45) is 0 Å². The van der Waals surface area contributed by atoms with Gasteiger partial charge in [-0.25, -0.2) is 9.48 Å². The maximum absolute atomic E-state index is 11.7. The van der Waals surface area contributed by atoms with Gasteiger partial charge in [-0.1, -0.05) is 29.5 Å². The molecule has 4 aromatic rings. The topological polar surface area (TPSA) is 113 Å². The number of para-hydroxylation sites is 1. The molecule has 28 heavy (non-hydrogen) atoms. The third-order valence-electron chi connectivity index (χ3n) is 4.04. The first-order valence-electron chi connectivity index (χ1n) is 8.36. The smallest absolute Gasteiger partial charge is 0.339 e. The molecule has 0 N–H and O–H groups in total. The van der Waals surface area contributed by atoms with Crippen LogP contribution in [0.4, 0.5) is 5.69 Å². The van der Waals surface area contributed by atoms with Crippen LogP contribution in [0.2, 0.25) is 0 Å². The van der Waals surface area contributed by atoms with Crippen LogP contribution in [-0.2, 0) is 13.2 Å². The summed E-state index contributed by atoms with van der Waals surface area (Å²) >= 11 is 0. The second-order valence-electron chi connectivity index (χ2n) is 6.05. The highest BCUT2D eigenvalue weighted by Crippen LogP contribution is 2.24. The number of nitro groups is 1. The van der Waals surface area contributed by atoms with E-state index in [-0.39, 0.29) is 12.3 Å². The molecule has 0 atom stereocenters. The van der Waals surface area contributed by atoms with Gasteiger partial charge in [-0.2, -0.15) is 0 Å². The zero-order valence-corrected chi connectivity index (χ0v) is 14.5. The predicted molar refractivity (Wildman–Crippen MR) is 99.0 cm³/mol. The van der Waals surface area contributed by atoms with Gasteiger partial charge in [-0.3, -0.25) is 10.1 Å². The van der Waals surface area contributed by atoms with Crippen LogP contribution in [0, 0.1) is 10.1 Å². The fourth-order valence-corrected chi connectivity index (χ4v) is 2.79. The van der Waals surface area contributed by atoms with E-state index in [1.54, 1.807) is 41.2 Å². The lowest BCUT2D eigenvalue weighted by Crippen LogP contribution is -2.02. The lowest BCUT2D eigenvalue weighted by molar-refractivity contribution is -0.384. The van der Waals surface area contributed by atoms with Crippen LogP contribution < -0.4 is 10.4 Å². The Hall–Kier alpha value is -4.01. The first-order valence-corrected chi connectivity index (χ1v) is 8.36. The van der Waals surface area contributed by atoms with Gasteiger partial charge in [0, 0.05) is 12.1 Å². The SMILES string of the molecule is O=c1cc(OCc2cn(Cc3cccc([N+](=O)[O-])c3)nn2)c2ccccc2o1. The molecule has 0 radical (unpaired) electrons. The predicted octanol–water partition coefficient (Wildman–Crippen LogP) is 2.92. The molecule has 0 bridgehead atoms. The van der Waals surface area contributed by atoms with Gasteiger partial charge in [-0.05, 0) is 17.7 Å². The van der Waals surface area contributed by atoms with Crippen LogP contribution in [0.3, 0.4) is 0 Å². The van der Waals surface area contributed by atoms with Crippen LogP contribution in [0.15, 0.2) is 70.0 Å². The second kappa shape index (κ2) is 7.31. The molecule has 0 saturated carbocycles. The molecular weight excluding hydrogens is 364 g/mol. The Bertz CT molecular complexity index is 1210. The Morgan fingerprint density at radius 2 is 2.00 bits per heavy atom. The van der Waals surface area contributed by atoms with E-state index >= 15 is 0 Å². The molecule has 0 aliphatic rings. The average molecular weight is 378 g/mol. The highest BCUT2D eigenvalue weighted by Gasteiger charge is 2.10. The number of fused-ring (bicyclic) bond motifs is 1. The van der Waals surface area contributed by atoms with Crippen LogP contribution in [0.25, 0.3) is 11.0 Å². The summed E-state index contributed by atoms with van der Waals surface area (Å²) in [6.07, 6.45) is 1.69. The number of non-ortho nitro benzene ring substituents is 1. The molecular formula is C19H14N4O5. The average Bonchev–Trinajstić information content (AvgIpc) is 3.13. The highest BCUT2D eigenvalue weighted by molar-refractivity contribution is 5.82. The summed E-state index contributed by atoms with van der Waals surface area (Å²) < 4.78 is 12.4. The molecule has 0 fully saturated rings. The summed E-state index contributed by atoms with van der Waals surface area (Å²) in [5, 5.41) is 19.6. The van der Waals surface area contributed by atoms with Crippen molar-refractivity contribution in [3.8, 4) is 5.75 Å². The summed E-state index contributed by atoms with van der Waals surface area (Å²) in [4.78, 5) is 22.1. The molecule has 140 valence electrons. The van der Waals surface area contributed by atoms with Crippen LogP contribution in [0.1, 0.15) is 11.3 Å². The zero-order valence-electron chi connectivity index (χ0n) is 14.5. The van der Waals surface area contributed by atoms with E-state index in [0.717, 1.165) is 5.56 Å². The van der Waals surface area contributed by atoms with E-state index in [1.807, 2.05) is 6.07 Å². The van der Waals surface area contributed by atoms with Crippen molar-refractivity contribution >= 4 is 16.7 Å². The minimum Gasteiger partial charge on any atom is -0.486 e. The van der Waals surface area contributed by atoms with E-state index < -0.39 is 10.5 Å². The van der Waals surface area contributed by atoms with Crippen LogP contribution >= 0.6 is 0 Å². The summed E-state index contributed by atoms with van der Waals surface area (Å²) in [7, 11) is 0. The van der Waals surface area contributed by atoms with E-state index in [1.165, 1.54) is 18.2 Å². The van der Waals surface area contributed by atoms with Gasteiger partial charge in [0.15, 0.2) is 0 Å². The van der Waals surface area contributed by atoms with Crippen molar-refractivity contribution in [3.05, 3.63) is 92.6 Å². The van der Waals surface area contributed by atoms with Gasteiger partial charge in [0.1, 0.15) is 23.6 Å². The monoisotopic (exact) mass is 378 g/mol. The third-order valence-corrected chi connectivity index (χ3v) is 4.04. The molecule has 0 saturated heterocycles. The Morgan fingerprint density at radius 1 is 1.14 bits per heavy atom. The summed E-state index contributed by atoms with van der Waals surface area (Å²) in [6, 6.07) is 14.7. The van der Waals surface area contributed by atoms with Gasteiger partial charge in [0.05, 0.1) is 29.1 Å². The minimum absolute atomic E-state index is 0.0240. The Labute approximate surface area is 157 Å². The Kier molecular flexibility index (Phi) is 4.55. The van der Waals surface area contributed by atoms with Gasteiger partial charge < -0.3 is 9.15 Å². The van der Waals surface area contributed by atoms with E-state index in [0.29, 0.717) is 29.0 Å². The van der Waals surface area contributed by atoms with Crippen molar-refractivity contribution in [2.45, 2.75) is 13.2 Å². The number of hydrogen-bond acceptors (Lipinski definition) is 7. The molecule has 2 heterocycles. The molecule has 0 spiro atoms. The first kappa shape index (κ1) is 17.4. The van der Waals surface area contributed by atoms with Crippen molar-refractivity contribution in [3.63, 3.8) is 0 Å². The van der Waals surface area contributed by atoms with Gasteiger partial charge in [0.2, 0.25) is 0 Å².